The van der Waals surface area contributed by atoms with Crippen LogP contribution in [0.1, 0.15) is 54.6 Å². The zero-order valence-electron chi connectivity index (χ0n) is 16.3. The van der Waals surface area contributed by atoms with Crippen molar-refractivity contribution >= 4 is 17.7 Å². The molecule has 1 saturated carbocycles. The quantitative estimate of drug-likeness (QED) is 0.618. The number of fused-ring (bicyclic) bond motifs is 1. The van der Waals surface area contributed by atoms with Gasteiger partial charge in [0.25, 0.3) is 0 Å². The number of aryl methyl sites for hydroxylation is 1. The van der Waals surface area contributed by atoms with Crippen LogP contribution in [0.15, 0.2) is 59.8 Å². The highest BCUT2D eigenvalue weighted by Crippen LogP contribution is 2.40. The predicted molar refractivity (Wildman–Crippen MR) is 114 cm³/mol. The summed E-state index contributed by atoms with van der Waals surface area (Å²) in [5.41, 5.74) is 3.64. The Balaban J connectivity index is 1.26. The molecule has 2 aliphatic carbocycles. The third-order valence-corrected chi connectivity index (χ3v) is 6.43. The number of thioether (sulfide) groups is 1. The minimum Gasteiger partial charge on any atom is -0.349 e. The van der Waals surface area contributed by atoms with Gasteiger partial charge in [-0.05, 0) is 55.4 Å². The Morgan fingerprint density at radius 1 is 1.07 bits per heavy atom. The molecule has 1 atom stereocenters. The summed E-state index contributed by atoms with van der Waals surface area (Å²) in [5.74, 6) is 1.88. The molecule has 1 unspecified atom stereocenters. The molecule has 1 heterocycles. The molecule has 0 aliphatic heterocycles. The van der Waals surface area contributed by atoms with E-state index >= 15 is 0 Å². The predicted octanol–water partition coefficient (Wildman–Crippen LogP) is 4.43. The normalized spacial score (nSPS) is 18.3. The summed E-state index contributed by atoms with van der Waals surface area (Å²) in [6, 6.07) is 18.7. The van der Waals surface area contributed by atoms with Crippen molar-refractivity contribution in [2.45, 2.75) is 49.2 Å². The third kappa shape index (κ3) is 4.08. The second-order valence-corrected chi connectivity index (χ2v) is 8.72. The monoisotopic (exact) mass is 404 g/mol. The molecule has 1 aromatic heterocycles. The van der Waals surface area contributed by atoms with Crippen LogP contribution in [0, 0.1) is 0 Å². The number of carbonyl (C=O) groups is 1. The Bertz CT molecular complexity index is 1010. The molecule has 0 saturated heterocycles. The SMILES string of the molecule is O=C(CSc1nc(C2CC2)n(-c2ccccc2)n1)NC1CCCc2ccccc21. The van der Waals surface area contributed by atoms with Crippen molar-refractivity contribution in [3.63, 3.8) is 0 Å². The molecule has 29 heavy (non-hydrogen) atoms. The van der Waals surface area contributed by atoms with Crippen LogP contribution in [0.2, 0.25) is 0 Å². The van der Waals surface area contributed by atoms with Gasteiger partial charge in [0.15, 0.2) is 0 Å². The van der Waals surface area contributed by atoms with E-state index in [9.17, 15) is 4.79 Å². The van der Waals surface area contributed by atoms with Gasteiger partial charge in [-0.2, -0.15) is 0 Å². The van der Waals surface area contributed by atoms with E-state index in [0.717, 1.165) is 43.6 Å². The van der Waals surface area contributed by atoms with Crippen LogP contribution in [-0.4, -0.2) is 26.4 Å². The Morgan fingerprint density at radius 2 is 1.86 bits per heavy atom. The van der Waals surface area contributed by atoms with Crippen LogP contribution in [-0.2, 0) is 11.2 Å². The minimum atomic E-state index is 0.0423. The average molecular weight is 405 g/mol. The minimum absolute atomic E-state index is 0.0423. The van der Waals surface area contributed by atoms with Gasteiger partial charge in [0.1, 0.15) is 5.82 Å². The fraction of sp³-hybridized carbons (Fsp3) is 0.348. The maximum absolute atomic E-state index is 12.6. The Hall–Kier alpha value is -2.60. The summed E-state index contributed by atoms with van der Waals surface area (Å²) >= 11 is 1.42. The fourth-order valence-corrected chi connectivity index (χ4v) is 4.64. The van der Waals surface area contributed by atoms with Gasteiger partial charge in [0, 0.05) is 5.92 Å². The summed E-state index contributed by atoms with van der Waals surface area (Å²) < 4.78 is 1.94. The van der Waals surface area contributed by atoms with Crippen LogP contribution in [0.25, 0.3) is 5.69 Å². The first-order chi connectivity index (χ1) is 14.3. The van der Waals surface area contributed by atoms with Gasteiger partial charge in [-0.25, -0.2) is 9.67 Å². The molecule has 1 amide bonds. The van der Waals surface area contributed by atoms with Gasteiger partial charge >= 0.3 is 0 Å². The second-order valence-electron chi connectivity index (χ2n) is 7.77. The Kier molecular flexibility index (Phi) is 5.10. The van der Waals surface area contributed by atoms with Crippen LogP contribution in [0.4, 0.5) is 0 Å². The molecule has 1 fully saturated rings. The zero-order chi connectivity index (χ0) is 19.6. The van der Waals surface area contributed by atoms with Gasteiger partial charge in [0.05, 0.1) is 17.5 Å². The molecule has 5 rings (SSSR count). The fourth-order valence-electron chi connectivity index (χ4n) is 4.00. The Morgan fingerprint density at radius 3 is 2.69 bits per heavy atom. The number of aromatic nitrogens is 3. The lowest BCUT2D eigenvalue weighted by Gasteiger charge is -2.26. The van der Waals surface area contributed by atoms with E-state index in [1.54, 1.807) is 0 Å². The molecule has 148 valence electrons. The molecule has 1 N–H and O–H groups in total. The molecule has 2 aliphatic rings. The number of nitrogens with zero attached hydrogens (tertiary/aromatic N) is 3. The van der Waals surface area contributed by atoms with Crippen LogP contribution >= 0.6 is 11.8 Å². The van der Waals surface area contributed by atoms with E-state index in [1.807, 2.05) is 35.0 Å². The number of para-hydroxylation sites is 1. The van der Waals surface area contributed by atoms with Crippen molar-refractivity contribution in [1.82, 2.24) is 20.1 Å². The molecule has 0 radical (unpaired) electrons. The van der Waals surface area contributed by atoms with Crippen LogP contribution in [0.3, 0.4) is 0 Å². The number of rotatable bonds is 6. The number of hydrogen-bond acceptors (Lipinski definition) is 4. The molecule has 0 spiro atoms. The number of benzene rings is 2. The van der Waals surface area contributed by atoms with Gasteiger partial charge in [-0.1, -0.05) is 54.2 Å². The highest BCUT2D eigenvalue weighted by Gasteiger charge is 2.30. The third-order valence-electron chi connectivity index (χ3n) is 5.59. The average Bonchev–Trinajstić information content (AvgIpc) is 3.52. The van der Waals surface area contributed by atoms with E-state index in [0.29, 0.717) is 16.8 Å². The summed E-state index contributed by atoms with van der Waals surface area (Å²) in [7, 11) is 0. The molecule has 2 aromatic carbocycles. The van der Waals surface area contributed by atoms with Gasteiger partial charge in [0.2, 0.25) is 11.1 Å². The largest absolute Gasteiger partial charge is 0.349 e. The Labute approximate surface area is 174 Å². The standard InChI is InChI=1S/C23H24N4OS/c28-21(24-20-12-6-8-16-7-4-5-11-19(16)20)15-29-23-25-22(17-13-14-17)27(26-23)18-9-2-1-3-10-18/h1-5,7,9-11,17,20H,6,8,12-15H2,(H,24,28). The first-order valence-electron chi connectivity index (χ1n) is 10.3. The molecule has 0 bridgehead atoms. The molecule has 6 heteroatoms. The molecule has 3 aromatic rings. The lowest BCUT2D eigenvalue weighted by Crippen LogP contribution is -2.32. The van der Waals surface area contributed by atoms with Crippen LogP contribution in [0.5, 0.6) is 0 Å². The summed E-state index contributed by atoms with van der Waals surface area (Å²) in [6.07, 6.45) is 5.54. The topological polar surface area (TPSA) is 59.8 Å². The van der Waals surface area contributed by atoms with Crippen molar-refractivity contribution in [2.75, 3.05) is 5.75 Å². The van der Waals surface area contributed by atoms with E-state index in [-0.39, 0.29) is 11.9 Å². The van der Waals surface area contributed by atoms with Crippen molar-refractivity contribution in [3.8, 4) is 5.69 Å². The van der Waals surface area contributed by atoms with E-state index in [4.69, 9.17) is 4.98 Å². The maximum atomic E-state index is 12.6. The van der Waals surface area contributed by atoms with Crippen molar-refractivity contribution in [2.24, 2.45) is 0 Å². The summed E-state index contributed by atoms with van der Waals surface area (Å²) in [6.45, 7) is 0. The smallest absolute Gasteiger partial charge is 0.230 e. The van der Waals surface area contributed by atoms with Crippen LogP contribution < -0.4 is 5.32 Å². The highest BCUT2D eigenvalue weighted by atomic mass is 32.2. The number of amides is 1. The molecular weight excluding hydrogens is 380 g/mol. The molecule has 5 nitrogen and oxygen atoms in total. The van der Waals surface area contributed by atoms with Crippen molar-refractivity contribution < 1.29 is 4.79 Å². The van der Waals surface area contributed by atoms with E-state index in [2.05, 4.69) is 34.7 Å². The second kappa shape index (κ2) is 8.03. The zero-order valence-corrected chi connectivity index (χ0v) is 17.1. The van der Waals surface area contributed by atoms with Crippen molar-refractivity contribution in [1.29, 1.82) is 0 Å². The van der Waals surface area contributed by atoms with Crippen molar-refractivity contribution in [3.05, 3.63) is 71.5 Å². The van der Waals surface area contributed by atoms with E-state index in [1.165, 1.54) is 22.9 Å². The summed E-state index contributed by atoms with van der Waals surface area (Å²) in [5, 5.41) is 8.57. The number of carbonyl (C=O) groups excluding carboxylic acids is 1. The lowest BCUT2D eigenvalue weighted by molar-refractivity contribution is -0.119. The lowest BCUT2D eigenvalue weighted by atomic mass is 9.88. The first-order valence-corrected chi connectivity index (χ1v) is 11.3. The van der Waals surface area contributed by atoms with E-state index < -0.39 is 0 Å². The number of nitrogens with one attached hydrogen (secondary N) is 1. The first kappa shape index (κ1) is 18.4. The highest BCUT2D eigenvalue weighted by molar-refractivity contribution is 7.99. The number of hydrogen-bond donors (Lipinski definition) is 1. The van der Waals surface area contributed by atoms with Gasteiger partial charge in [-0.3, -0.25) is 4.79 Å². The summed E-state index contributed by atoms with van der Waals surface area (Å²) in [4.78, 5) is 17.3. The van der Waals surface area contributed by atoms with Gasteiger partial charge in [-0.15, -0.1) is 5.10 Å². The van der Waals surface area contributed by atoms with Gasteiger partial charge < -0.3 is 5.32 Å². The maximum Gasteiger partial charge on any atom is 0.230 e. The molecular formula is C23H24N4OS.